The minimum Gasteiger partial charge on any atom is -0.392 e. The second kappa shape index (κ2) is 10.3. The van der Waals surface area contributed by atoms with Crippen LogP contribution in [0.5, 0.6) is 0 Å². The summed E-state index contributed by atoms with van der Waals surface area (Å²) in [7, 11) is 0. The van der Waals surface area contributed by atoms with Crippen LogP contribution < -0.4 is 16.4 Å². The highest BCUT2D eigenvalue weighted by molar-refractivity contribution is 6.33. The molecule has 1 unspecified atom stereocenters. The molecule has 0 bridgehead atoms. The zero-order valence-electron chi connectivity index (χ0n) is 21.3. The third-order valence-corrected chi connectivity index (χ3v) is 8.32. The quantitative estimate of drug-likeness (QED) is 0.339. The summed E-state index contributed by atoms with van der Waals surface area (Å²) in [6.45, 7) is 4.12. The number of amides is 1. The van der Waals surface area contributed by atoms with Gasteiger partial charge in [0.15, 0.2) is 11.5 Å². The fraction of sp³-hybridized carbons (Fsp3) is 0.538. The summed E-state index contributed by atoms with van der Waals surface area (Å²) in [5.74, 6) is -1.46. The molecule has 0 saturated heterocycles. The molecule has 2 heterocycles. The van der Waals surface area contributed by atoms with Crippen molar-refractivity contribution in [3.8, 4) is 0 Å². The fourth-order valence-electron chi connectivity index (χ4n) is 5.52. The molecule has 2 fully saturated rings. The number of aromatic nitrogens is 4. The van der Waals surface area contributed by atoms with Crippen LogP contribution >= 0.6 is 11.6 Å². The first-order valence-electron chi connectivity index (χ1n) is 12.9. The number of fused-ring (bicyclic) bond motifs is 1. The van der Waals surface area contributed by atoms with Crippen LogP contribution in [0.4, 0.5) is 26.4 Å². The standard InChI is InChI=1S/C26H32ClF2N7O2/c1-26(2)8-7-15(11-20(26)37)32-24-31-12-19-23(35-24)36(16-5-3-13(4-6-16)22(30)38)25(33-19)34-21-17(27)9-14(28)10-18(21)29/h9-10,12-13,15-16,20,37H,3-8,11H2,1-2H3,(H2,30,38)(H,33,34)(H,31,32,35)/t13?,15?,16?,20-/m1/s1. The van der Waals surface area contributed by atoms with Crippen LogP contribution in [0.3, 0.4) is 0 Å². The number of aliphatic hydroxyl groups excluding tert-OH is 1. The number of imidazole rings is 1. The number of aliphatic hydroxyl groups is 1. The van der Waals surface area contributed by atoms with E-state index in [-0.39, 0.29) is 46.0 Å². The van der Waals surface area contributed by atoms with E-state index in [0.717, 1.165) is 25.0 Å². The molecule has 5 N–H and O–H groups in total. The zero-order chi connectivity index (χ0) is 27.2. The van der Waals surface area contributed by atoms with Gasteiger partial charge in [0.25, 0.3) is 0 Å². The molecular formula is C26H32ClF2N7O2. The average Bonchev–Trinajstić information content (AvgIpc) is 3.21. The Labute approximate surface area is 224 Å². The van der Waals surface area contributed by atoms with Crippen LogP contribution in [0, 0.1) is 23.0 Å². The largest absolute Gasteiger partial charge is 0.392 e. The highest BCUT2D eigenvalue weighted by Gasteiger charge is 2.35. The Balaban J connectivity index is 1.49. The highest BCUT2D eigenvalue weighted by Crippen LogP contribution is 2.39. The molecule has 0 radical (unpaired) electrons. The van der Waals surface area contributed by atoms with Gasteiger partial charge in [0.05, 0.1) is 23.0 Å². The first-order chi connectivity index (χ1) is 18.0. The molecule has 38 heavy (non-hydrogen) atoms. The van der Waals surface area contributed by atoms with Gasteiger partial charge in [0, 0.05) is 24.1 Å². The van der Waals surface area contributed by atoms with Crippen LogP contribution in [-0.4, -0.2) is 42.7 Å². The van der Waals surface area contributed by atoms with E-state index < -0.39 is 17.7 Å². The van der Waals surface area contributed by atoms with Crippen molar-refractivity contribution < 1.29 is 18.7 Å². The molecule has 2 aromatic heterocycles. The molecule has 2 aliphatic rings. The van der Waals surface area contributed by atoms with Crippen molar-refractivity contribution in [3.63, 3.8) is 0 Å². The lowest BCUT2D eigenvalue weighted by molar-refractivity contribution is -0.122. The molecule has 2 saturated carbocycles. The van der Waals surface area contributed by atoms with Gasteiger partial charge in [-0.25, -0.2) is 18.7 Å². The van der Waals surface area contributed by atoms with Crippen molar-refractivity contribution in [2.45, 2.75) is 77.0 Å². The average molecular weight is 548 g/mol. The summed E-state index contributed by atoms with van der Waals surface area (Å²) in [6.07, 6.45) is 5.98. The normalized spacial score (nSPS) is 25.3. The second-order valence-corrected chi connectivity index (χ2v) is 11.5. The lowest BCUT2D eigenvalue weighted by Gasteiger charge is -2.39. The van der Waals surface area contributed by atoms with Gasteiger partial charge in [0.1, 0.15) is 11.3 Å². The van der Waals surface area contributed by atoms with E-state index in [9.17, 15) is 18.7 Å². The number of carbonyl (C=O) groups excluding carboxylic acids is 1. The number of hydrogen-bond acceptors (Lipinski definition) is 7. The van der Waals surface area contributed by atoms with E-state index in [1.165, 1.54) is 0 Å². The first kappa shape index (κ1) is 26.6. The molecule has 2 atom stereocenters. The molecule has 5 rings (SSSR count). The first-order valence-corrected chi connectivity index (χ1v) is 13.3. The Kier molecular flexibility index (Phi) is 7.17. The maximum Gasteiger partial charge on any atom is 0.224 e. The van der Waals surface area contributed by atoms with Gasteiger partial charge in [-0.15, -0.1) is 0 Å². The highest BCUT2D eigenvalue weighted by atomic mass is 35.5. The van der Waals surface area contributed by atoms with Crippen molar-refractivity contribution in [1.29, 1.82) is 0 Å². The molecule has 3 aromatic rings. The lowest BCUT2D eigenvalue weighted by Crippen LogP contribution is -2.41. The Bertz CT molecular complexity index is 1330. The zero-order valence-corrected chi connectivity index (χ0v) is 22.1. The topological polar surface area (TPSA) is 131 Å². The monoisotopic (exact) mass is 547 g/mol. The minimum absolute atomic E-state index is 0.0163. The van der Waals surface area contributed by atoms with E-state index in [1.807, 2.05) is 4.57 Å². The van der Waals surface area contributed by atoms with E-state index >= 15 is 0 Å². The van der Waals surface area contributed by atoms with Gasteiger partial charge in [-0.05, 0) is 56.4 Å². The molecule has 2 aliphatic carbocycles. The molecule has 0 spiro atoms. The summed E-state index contributed by atoms with van der Waals surface area (Å²) in [5, 5.41) is 16.7. The summed E-state index contributed by atoms with van der Waals surface area (Å²) in [5.41, 5.74) is 6.31. The molecular weight excluding hydrogens is 516 g/mol. The Hall–Kier alpha value is -3.05. The van der Waals surface area contributed by atoms with Crippen molar-refractivity contribution in [3.05, 3.63) is 35.0 Å². The van der Waals surface area contributed by atoms with Gasteiger partial charge in [0.2, 0.25) is 17.8 Å². The number of primary amides is 1. The Morgan fingerprint density at radius 3 is 2.58 bits per heavy atom. The Morgan fingerprint density at radius 1 is 1.18 bits per heavy atom. The molecule has 1 amide bonds. The number of nitrogens with zero attached hydrogens (tertiary/aromatic N) is 4. The lowest BCUT2D eigenvalue weighted by atomic mass is 9.73. The van der Waals surface area contributed by atoms with Gasteiger partial charge >= 0.3 is 0 Å². The maximum atomic E-state index is 14.6. The SMILES string of the molecule is CC1(C)CCC(Nc2ncc3nc(Nc4c(F)cc(F)cc4Cl)n(C4CCC(C(N)=O)CC4)c3n2)C[C@H]1O. The number of nitrogens with two attached hydrogens (primary N) is 1. The van der Waals surface area contributed by atoms with Crippen LogP contribution in [0.25, 0.3) is 11.2 Å². The number of rotatable bonds is 6. The van der Waals surface area contributed by atoms with Crippen LogP contribution in [0.2, 0.25) is 5.02 Å². The summed E-state index contributed by atoms with van der Waals surface area (Å²) < 4.78 is 30.2. The fourth-order valence-corrected chi connectivity index (χ4v) is 5.76. The van der Waals surface area contributed by atoms with E-state index in [4.69, 9.17) is 22.3 Å². The third-order valence-electron chi connectivity index (χ3n) is 8.02. The third kappa shape index (κ3) is 5.26. The van der Waals surface area contributed by atoms with E-state index in [2.05, 4.69) is 34.4 Å². The number of benzene rings is 1. The number of hydrogen-bond donors (Lipinski definition) is 4. The predicted octanol–water partition coefficient (Wildman–Crippen LogP) is 5.07. The number of anilines is 3. The molecule has 1 aromatic carbocycles. The molecule has 0 aliphatic heterocycles. The summed E-state index contributed by atoms with van der Waals surface area (Å²) >= 11 is 6.15. The number of carbonyl (C=O) groups is 1. The summed E-state index contributed by atoms with van der Waals surface area (Å²) in [6, 6.07) is 1.70. The van der Waals surface area contributed by atoms with Gasteiger partial charge in [-0.1, -0.05) is 25.4 Å². The van der Waals surface area contributed by atoms with Gasteiger partial charge in [-0.2, -0.15) is 4.98 Å². The number of halogens is 3. The van der Waals surface area contributed by atoms with E-state index in [1.54, 1.807) is 6.20 Å². The van der Waals surface area contributed by atoms with Gasteiger partial charge in [-0.3, -0.25) is 9.36 Å². The maximum absolute atomic E-state index is 14.6. The summed E-state index contributed by atoms with van der Waals surface area (Å²) in [4.78, 5) is 25.5. The second-order valence-electron chi connectivity index (χ2n) is 11.1. The molecule has 12 heteroatoms. The van der Waals surface area contributed by atoms with Crippen molar-refractivity contribution in [2.75, 3.05) is 10.6 Å². The molecule has 9 nitrogen and oxygen atoms in total. The minimum atomic E-state index is -0.849. The van der Waals surface area contributed by atoms with Crippen LogP contribution in [0.1, 0.15) is 64.8 Å². The Morgan fingerprint density at radius 2 is 1.92 bits per heavy atom. The smallest absolute Gasteiger partial charge is 0.224 e. The van der Waals surface area contributed by atoms with Crippen molar-refractivity contribution >= 4 is 46.3 Å². The predicted molar refractivity (Wildman–Crippen MR) is 141 cm³/mol. The van der Waals surface area contributed by atoms with Crippen LogP contribution in [0.15, 0.2) is 18.3 Å². The van der Waals surface area contributed by atoms with Crippen molar-refractivity contribution in [2.24, 2.45) is 17.1 Å². The molecule has 204 valence electrons. The van der Waals surface area contributed by atoms with Crippen LogP contribution in [-0.2, 0) is 4.79 Å². The number of nitrogens with one attached hydrogen (secondary N) is 2. The van der Waals surface area contributed by atoms with E-state index in [0.29, 0.717) is 49.2 Å². The van der Waals surface area contributed by atoms with Gasteiger partial charge < -0.3 is 21.5 Å². The van der Waals surface area contributed by atoms with Crippen molar-refractivity contribution in [1.82, 2.24) is 19.5 Å².